The summed E-state index contributed by atoms with van der Waals surface area (Å²) in [5, 5.41) is 4.63. The number of nitrogens with one attached hydrogen (secondary N) is 1. The van der Waals surface area contributed by atoms with Crippen LogP contribution in [0.2, 0.25) is 0 Å². The van der Waals surface area contributed by atoms with Crippen LogP contribution >= 0.6 is 11.3 Å². The summed E-state index contributed by atoms with van der Waals surface area (Å²) >= 11 is 1.68. The molecule has 3 rings (SSSR count). The minimum Gasteiger partial charge on any atom is -0.317 e. The molecule has 1 aliphatic heterocycles. The summed E-state index contributed by atoms with van der Waals surface area (Å²) in [5.41, 5.74) is 1.15. The number of rotatable bonds is 3. The molecule has 1 aliphatic rings. The van der Waals surface area contributed by atoms with Gasteiger partial charge in [-0.05, 0) is 50.6 Å². The van der Waals surface area contributed by atoms with Crippen molar-refractivity contribution in [1.82, 2.24) is 10.3 Å². The third-order valence-electron chi connectivity index (χ3n) is 4.09. The standard InChI is InChI=1S/C15H19FN2S/c1-2-5-15(6-8-17-9-7-15)14-18-12-4-3-11(16)10-13(12)19-14/h3-4,10,17H,2,5-9H2,1H3. The maximum atomic E-state index is 13.3. The van der Waals surface area contributed by atoms with Crippen molar-refractivity contribution in [3.05, 3.63) is 29.0 Å². The predicted molar refractivity (Wildman–Crippen MR) is 78.3 cm³/mol. The second-order valence-electron chi connectivity index (χ2n) is 5.41. The Morgan fingerprint density at radius 2 is 2.16 bits per heavy atom. The zero-order chi connectivity index (χ0) is 13.3. The first-order chi connectivity index (χ1) is 9.23. The van der Waals surface area contributed by atoms with Crippen LogP contribution in [0.4, 0.5) is 4.39 Å². The zero-order valence-electron chi connectivity index (χ0n) is 11.2. The van der Waals surface area contributed by atoms with Gasteiger partial charge in [-0.15, -0.1) is 11.3 Å². The fraction of sp³-hybridized carbons (Fsp3) is 0.533. The number of aromatic nitrogens is 1. The van der Waals surface area contributed by atoms with Gasteiger partial charge in [-0.25, -0.2) is 9.37 Å². The molecular formula is C15H19FN2S. The topological polar surface area (TPSA) is 24.9 Å². The van der Waals surface area contributed by atoms with Crippen LogP contribution in [0.15, 0.2) is 18.2 Å². The molecule has 0 saturated carbocycles. The van der Waals surface area contributed by atoms with Crippen molar-refractivity contribution in [3.8, 4) is 0 Å². The van der Waals surface area contributed by atoms with E-state index in [0.717, 1.165) is 36.1 Å². The van der Waals surface area contributed by atoms with Crippen molar-refractivity contribution in [1.29, 1.82) is 0 Å². The van der Waals surface area contributed by atoms with Crippen molar-refractivity contribution in [2.75, 3.05) is 13.1 Å². The van der Waals surface area contributed by atoms with Gasteiger partial charge < -0.3 is 5.32 Å². The lowest BCUT2D eigenvalue weighted by atomic mass is 9.76. The number of nitrogens with zero attached hydrogens (tertiary/aromatic N) is 1. The Balaban J connectivity index is 2.04. The maximum Gasteiger partial charge on any atom is 0.124 e. The molecule has 0 radical (unpaired) electrons. The molecule has 0 spiro atoms. The highest BCUT2D eigenvalue weighted by atomic mass is 32.1. The largest absolute Gasteiger partial charge is 0.317 e. The number of benzene rings is 1. The van der Waals surface area contributed by atoms with Gasteiger partial charge in [0.1, 0.15) is 10.8 Å². The van der Waals surface area contributed by atoms with Gasteiger partial charge >= 0.3 is 0 Å². The molecule has 2 aromatic rings. The van der Waals surface area contributed by atoms with Gasteiger partial charge in [0, 0.05) is 5.41 Å². The summed E-state index contributed by atoms with van der Waals surface area (Å²) in [7, 11) is 0. The molecule has 0 aliphatic carbocycles. The van der Waals surface area contributed by atoms with Gasteiger partial charge in [-0.2, -0.15) is 0 Å². The highest BCUT2D eigenvalue weighted by Gasteiger charge is 2.35. The fourth-order valence-corrected chi connectivity index (χ4v) is 4.34. The number of fused-ring (bicyclic) bond motifs is 1. The summed E-state index contributed by atoms with van der Waals surface area (Å²) in [4.78, 5) is 4.79. The highest BCUT2D eigenvalue weighted by molar-refractivity contribution is 7.18. The molecular weight excluding hydrogens is 259 g/mol. The number of piperidine rings is 1. The van der Waals surface area contributed by atoms with E-state index in [4.69, 9.17) is 4.98 Å². The maximum absolute atomic E-state index is 13.3. The minimum absolute atomic E-state index is 0.169. The molecule has 1 saturated heterocycles. The third-order valence-corrected chi connectivity index (χ3v) is 5.36. The normalized spacial score (nSPS) is 18.8. The van der Waals surface area contributed by atoms with Crippen molar-refractivity contribution < 1.29 is 4.39 Å². The summed E-state index contributed by atoms with van der Waals surface area (Å²) in [6, 6.07) is 4.91. The van der Waals surface area contributed by atoms with E-state index in [1.54, 1.807) is 23.5 Å². The molecule has 1 fully saturated rings. The second kappa shape index (κ2) is 5.17. The first-order valence-corrected chi connectivity index (χ1v) is 7.82. The summed E-state index contributed by atoms with van der Waals surface area (Å²) in [6.45, 7) is 4.35. The number of halogens is 1. The van der Waals surface area contributed by atoms with E-state index in [9.17, 15) is 4.39 Å². The number of thiazole rings is 1. The van der Waals surface area contributed by atoms with Crippen LogP contribution in [0.25, 0.3) is 10.2 Å². The molecule has 0 amide bonds. The molecule has 0 atom stereocenters. The van der Waals surface area contributed by atoms with Crippen LogP contribution in [-0.2, 0) is 5.41 Å². The molecule has 2 nitrogen and oxygen atoms in total. The molecule has 2 heterocycles. The molecule has 19 heavy (non-hydrogen) atoms. The lowest BCUT2D eigenvalue weighted by Gasteiger charge is -2.35. The van der Waals surface area contributed by atoms with E-state index in [-0.39, 0.29) is 11.2 Å². The van der Waals surface area contributed by atoms with Gasteiger partial charge in [0.15, 0.2) is 0 Å². The predicted octanol–water partition coefficient (Wildman–Crippen LogP) is 3.86. The van der Waals surface area contributed by atoms with Crippen molar-refractivity contribution in [2.24, 2.45) is 0 Å². The van der Waals surface area contributed by atoms with E-state index < -0.39 is 0 Å². The Morgan fingerprint density at radius 1 is 1.37 bits per heavy atom. The monoisotopic (exact) mass is 278 g/mol. The van der Waals surface area contributed by atoms with Crippen LogP contribution in [0.1, 0.15) is 37.6 Å². The second-order valence-corrected chi connectivity index (χ2v) is 6.44. The van der Waals surface area contributed by atoms with Crippen LogP contribution in [0.5, 0.6) is 0 Å². The molecule has 1 aromatic heterocycles. The van der Waals surface area contributed by atoms with Gasteiger partial charge in [0.05, 0.1) is 10.2 Å². The van der Waals surface area contributed by atoms with E-state index in [1.165, 1.54) is 23.9 Å². The average molecular weight is 278 g/mol. The summed E-state index contributed by atoms with van der Waals surface area (Å²) in [6.07, 6.45) is 4.63. The Hall–Kier alpha value is -1.00. The molecule has 0 bridgehead atoms. The van der Waals surface area contributed by atoms with E-state index >= 15 is 0 Å². The first kappa shape index (κ1) is 13.0. The molecule has 0 unspecified atom stereocenters. The smallest absolute Gasteiger partial charge is 0.124 e. The minimum atomic E-state index is -0.169. The highest BCUT2D eigenvalue weighted by Crippen LogP contribution is 2.41. The average Bonchev–Trinajstić information content (AvgIpc) is 2.83. The molecule has 1 aromatic carbocycles. The lowest BCUT2D eigenvalue weighted by molar-refractivity contribution is 0.285. The number of hydrogen-bond acceptors (Lipinski definition) is 3. The van der Waals surface area contributed by atoms with Gasteiger partial charge in [-0.3, -0.25) is 0 Å². The molecule has 4 heteroatoms. The zero-order valence-corrected chi connectivity index (χ0v) is 12.0. The molecule has 102 valence electrons. The first-order valence-electron chi connectivity index (χ1n) is 7.01. The summed E-state index contributed by atoms with van der Waals surface area (Å²) in [5.74, 6) is -0.169. The van der Waals surface area contributed by atoms with Gasteiger partial charge in [0.2, 0.25) is 0 Å². The molecule has 1 N–H and O–H groups in total. The van der Waals surface area contributed by atoms with E-state index in [1.807, 2.05) is 0 Å². The Morgan fingerprint density at radius 3 is 2.89 bits per heavy atom. The Labute approximate surface area is 117 Å². The number of hydrogen-bond donors (Lipinski definition) is 1. The quantitative estimate of drug-likeness (QED) is 0.922. The van der Waals surface area contributed by atoms with Crippen LogP contribution < -0.4 is 5.32 Å². The van der Waals surface area contributed by atoms with Crippen molar-refractivity contribution in [2.45, 2.75) is 38.0 Å². The van der Waals surface area contributed by atoms with Crippen LogP contribution in [0, 0.1) is 5.82 Å². The Kier molecular flexibility index (Phi) is 3.54. The fourth-order valence-electron chi connectivity index (χ4n) is 3.08. The summed E-state index contributed by atoms with van der Waals surface area (Å²) < 4.78 is 14.3. The van der Waals surface area contributed by atoms with E-state index in [2.05, 4.69) is 12.2 Å². The lowest BCUT2D eigenvalue weighted by Crippen LogP contribution is -2.39. The Bertz CT molecular complexity index is 567. The van der Waals surface area contributed by atoms with Crippen LogP contribution in [-0.4, -0.2) is 18.1 Å². The van der Waals surface area contributed by atoms with Crippen molar-refractivity contribution in [3.63, 3.8) is 0 Å². The van der Waals surface area contributed by atoms with Gasteiger partial charge in [0.25, 0.3) is 0 Å². The van der Waals surface area contributed by atoms with E-state index in [0.29, 0.717) is 0 Å². The van der Waals surface area contributed by atoms with Crippen LogP contribution in [0.3, 0.4) is 0 Å². The SMILES string of the molecule is CCCC1(c2nc3ccc(F)cc3s2)CCNCC1. The van der Waals surface area contributed by atoms with Gasteiger partial charge in [-0.1, -0.05) is 13.3 Å². The third kappa shape index (κ3) is 2.39. The van der Waals surface area contributed by atoms with Crippen molar-refractivity contribution >= 4 is 21.6 Å².